The van der Waals surface area contributed by atoms with E-state index in [-0.39, 0.29) is 21.8 Å². The molecule has 12 heteroatoms. The fourth-order valence-electron chi connectivity index (χ4n) is 4.41. The molecule has 200 valence electrons. The van der Waals surface area contributed by atoms with E-state index in [1.807, 2.05) is 36.4 Å². The zero-order valence-electron chi connectivity index (χ0n) is 20.8. The minimum Gasteiger partial charge on any atom is -0.268 e. The quantitative estimate of drug-likeness (QED) is 0.113. The standard InChI is InChI=1S/C29H16ClN5O4S2/c30-22-15-12-19(16-24(22)35(38)39)28-34(32-29(40)41-28)26(36)18-10-13-20(14-11-18)33-25(17-6-2-1-3-7-17)31-23-9-5-4-8-21(23)27(33)37/h1-16H/p+1. The summed E-state index contributed by atoms with van der Waals surface area (Å²) in [6, 6.07) is 27.3. The van der Waals surface area contributed by atoms with Crippen molar-refractivity contribution in [2.24, 2.45) is 0 Å². The maximum absolute atomic E-state index is 13.6. The second-order valence-electron chi connectivity index (χ2n) is 8.84. The normalized spacial score (nSPS) is 11.1. The van der Waals surface area contributed by atoms with Gasteiger partial charge in [0.2, 0.25) is 4.34 Å². The number of nitro benzene ring substituents is 1. The van der Waals surface area contributed by atoms with Gasteiger partial charge in [0.1, 0.15) is 10.8 Å². The Hall–Kier alpha value is -4.71. The molecule has 0 aliphatic rings. The van der Waals surface area contributed by atoms with E-state index in [4.69, 9.17) is 16.6 Å². The number of carbonyl (C=O) groups is 1. The van der Waals surface area contributed by atoms with E-state index in [1.54, 1.807) is 48.5 Å². The summed E-state index contributed by atoms with van der Waals surface area (Å²) >= 11 is 11.4. The van der Waals surface area contributed by atoms with Crippen molar-refractivity contribution >= 4 is 58.1 Å². The van der Waals surface area contributed by atoms with Crippen LogP contribution in [0.4, 0.5) is 5.69 Å². The number of hydrogen-bond acceptors (Lipinski definition) is 8. The number of thiol groups is 1. The number of halogens is 1. The predicted molar refractivity (Wildman–Crippen MR) is 159 cm³/mol. The first-order chi connectivity index (χ1) is 19.8. The first kappa shape index (κ1) is 26.5. The van der Waals surface area contributed by atoms with Gasteiger partial charge in [-0.2, -0.15) is 0 Å². The third-order valence-electron chi connectivity index (χ3n) is 6.33. The Morgan fingerprint density at radius 1 is 0.951 bits per heavy atom. The molecule has 0 radical (unpaired) electrons. The van der Waals surface area contributed by atoms with Crippen molar-refractivity contribution in [3.63, 3.8) is 0 Å². The molecule has 6 rings (SSSR count). The first-order valence-electron chi connectivity index (χ1n) is 12.1. The molecule has 0 spiro atoms. The molecule has 0 atom stereocenters. The number of para-hydroxylation sites is 1. The van der Waals surface area contributed by atoms with Gasteiger partial charge in [-0.25, -0.2) is 9.78 Å². The van der Waals surface area contributed by atoms with Crippen LogP contribution in [0.5, 0.6) is 0 Å². The molecular weight excluding hydrogens is 582 g/mol. The summed E-state index contributed by atoms with van der Waals surface area (Å²) in [6.45, 7) is 0. The molecular formula is C29H17ClN5O4S2+. The Kier molecular flexibility index (Phi) is 6.91. The molecule has 0 N–H and O–H groups in total. The lowest BCUT2D eigenvalue weighted by atomic mass is 10.1. The van der Waals surface area contributed by atoms with Gasteiger partial charge in [-0.05, 0) is 59.9 Å². The second kappa shape index (κ2) is 10.7. The molecule has 0 unspecified atom stereocenters. The fourth-order valence-corrected chi connectivity index (χ4v) is 5.70. The molecule has 0 fully saturated rings. The maximum Gasteiger partial charge on any atom is 0.450 e. The summed E-state index contributed by atoms with van der Waals surface area (Å²) in [4.78, 5) is 42.8. The summed E-state index contributed by atoms with van der Waals surface area (Å²) in [5.41, 5.74) is 2.01. The van der Waals surface area contributed by atoms with Gasteiger partial charge in [0.15, 0.2) is 0 Å². The van der Waals surface area contributed by atoms with Gasteiger partial charge in [0, 0.05) is 21.4 Å². The summed E-state index contributed by atoms with van der Waals surface area (Å²) in [5, 5.41) is 16.4. The van der Waals surface area contributed by atoms with Crippen molar-refractivity contribution in [3.05, 3.63) is 128 Å². The van der Waals surface area contributed by atoms with Crippen molar-refractivity contribution < 1.29 is 14.4 Å². The lowest BCUT2D eigenvalue weighted by Crippen LogP contribution is -2.46. The van der Waals surface area contributed by atoms with Crippen LogP contribution in [0, 0.1) is 10.1 Å². The largest absolute Gasteiger partial charge is 0.450 e. The molecule has 2 aromatic heterocycles. The third kappa shape index (κ3) is 4.91. The van der Waals surface area contributed by atoms with Gasteiger partial charge in [-0.15, -0.1) is 12.6 Å². The van der Waals surface area contributed by atoms with Crippen LogP contribution in [0.2, 0.25) is 5.02 Å². The highest BCUT2D eigenvalue weighted by atomic mass is 35.5. The molecule has 9 nitrogen and oxygen atoms in total. The molecule has 0 saturated heterocycles. The Bertz CT molecular complexity index is 2040. The van der Waals surface area contributed by atoms with Crippen molar-refractivity contribution in [1.82, 2.24) is 14.6 Å². The van der Waals surface area contributed by atoms with Crippen LogP contribution in [0.1, 0.15) is 10.4 Å². The van der Waals surface area contributed by atoms with Crippen LogP contribution in [0.3, 0.4) is 0 Å². The number of fused-ring (bicyclic) bond motifs is 1. The van der Waals surface area contributed by atoms with E-state index in [0.29, 0.717) is 37.3 Å². The van der Waals surface area contributed by atoms with Crippen molar-refractivity contribution in [2.75, 3.05) is 0 Å². The molecule has 0 amide bonds. The summed E-state index contributed by atoms with van der Waals surface area (Å²) in [6.07, 6.45) is 0. The molecule has 2 heterocycles. The average Bonchev–Trinajstić information content (AvgIpc) is 3.39. The fraction of sp³-hybridized carbons (Fsp3) is 0. The zero-order valence-corrected chi connectivity index (χ0v) is 23.3. The van der Waals surface area contributed by atoms with E-state index >= 15 is 0 Å². The molecule has 41 heavy (non-hydrogen) atoms. The molecule has 6 aromatic rings. The number of benzene rings is 4. The lowest BCUT2D eigenvalue weighted by Gasteiger charge is -2.14. The highest BCUT2D eigenvalue weighted by molar-refractivity contribution is 7.82. The van der Waals surface area contributed by atoms with E-state index in [2.05, 4.69) is 17.7 Å². The van der Waals surface area contributed by atoms with Gasteiger partial charge in [0.25, 0.3) is 11.2 Å². The first-order valence-corrected chi connectivity index (χ1v) is 13.7. The number of hydrogen-bond donors (Lipinski definition) is 1. The summed E-state index contributed by atoms with van der Waals surface area (Å²) in [5.74, 6) is -0.0124. The Morgan fingerprint density at radius 3 is 2.39 bits per heavy atom. The maximum atomic E-state index is 13.6. The average molecular weight is 599 g/mol. The molecule has 0 aliphatic heterocycles. The highest BCUT2D eigenvalue weighted by Gasteiger charge is 2.31. The minimum atomic E-state index is -0.591. The Balaban J connectivity index is 1.43. The molecule has 4 aromatic carbocycles. The van der Waals surface area contributed by atoms with Gasteiger partial charge >= 0.3 is 10.9 Å². The van der Waals surface area contributed by atoms with Gasteiger partial charge in [-0.1, -0.05) is 54.1 Å². The number of carbonyl (C=O) groups excluding carboxylic acids is 1. The monoisotopic (exact) mass is 598 g/mol. The van der Waals surface area contributed by atoms with E-state index in [0.717, 1.165) is 21.6 Å². The second-order valence-corrected chi connectivity index (χ2v) is 10.9. The SMILES string of the molecule is O=C(c1ccc(-n2c(-c3ccccc3)nc3ccccc3c2=O)cc1)[n+]1nc(S)sc1-c1ccc(Cl)c([N+](=O)[O-])c1. The van der Waals surface area contributed by atoms with Crippen LogP contribution < -0.4 is 10.2 Å². The van der Waals surface area contributed by atoms with Gasteiger partial charge in [-0.3, -0.25) is 19.5 Å². The lowest BCUT2D eigenvalue weighted by molar-refractivity contribution is -0.621. The molecule has 0 saturated carbocycles. The summed E-state index contributed by atoms with van der Waals surface area (Å²) in [7, 11) is 0. The van der Waals surface area contributed by atoms with Crippen LogP contribution in [0.15, 0.2) is 106 Å². The molecule has 0 aliphatic carbocycles. The van der Waals surface area contributed by atoms with Crippen LogP contribution in [-0.2, 0) is 0 Å². The van der Waals surface area contributed by atoms with Crippen LogP contribution >= 0.6 is 35.6 Å². The highest BCUT2D eigenvalue weighted by Crippen LogP contribution is 2.32. The number of aromatic nitrogens is 4. The number of nitro groups is 1. The smallest absolute Gasteiger partial charge is 0.268 e. The third-order valence-corrected chi connectivity index (χ3v) is 7.88. The van der Waals surface area contributed by atoms with Crippen LogP contribution in [0.25, 0.3) is 38.5 Å². The number of nitrogens with zero attached hydrogens (tertiary/aromatic N) is 5. The Morgan fingerprint density at radius 2 is 1.66 bits per heavy atom. The molecule has 0 bridgehead atoms. The van der Waals surface area contributed by atoms with E-state index in [9.17, 15) is 19.7 Å². The number of rotatable bonds is 5. The summed E-state index contributed by atoms with van der Waals surface area (Å²) < 4.78 is 2.96. The van der Waals surface area contributed by atoms with Crippen molar-refractivity contribution in [2.45, 2.75) is 4.34 Å². The van der Waals surface area contributed by atoms with Crippen molar-refractivity contribution in [3.8, 4) is 27.6 Å². The Labute approximate surface area is 246 Å². The van der Waals surface area contributed by atoms with Crippen molar-refractivity contribution in [1.29, 1.82) is 0 Å². The zero-order chi connectivity index (χ0) is 28.7. The van der Waals surface area contributed by atoms with Crippen LogP contribution in [-0.4, -0.2) is 25.5 Å². The predicted octanol–water partition coefficient (Wildman–Crippen LogP) is 6.00. The van der Waals surface area contributed by atoms with E-state index in [1.165, 1.54) is 16.7 Å². The minimum absolute atomic E-state index is 0.0175. The van der Waals surface area contributed by atoms with E-state index < -0.39 is 10.8 Å². The topological polar surface area (TPSA) is 112 Å². The van der Waals surface area contributed by atoms with Gasteiger partial charge < -0.3 is 0 Å². The van der Waals surface area contributed by atoms with Gasteiger partial charge in [0.05, 0.1) is 32.6 Å².